The Kier molecular flexibility index (Phi) is 5.83. The molecule has 0 saturated heterocycles. The molecule has 0 N–H and O–H groups in total. The summed E-state index contributed by atoms with van der Waals surface area (Å²) in [7, 11) is 0. The van der Waals surface area contributed by atoms with Gasteiger partial charge in [0.25, 0.3) is 0 Å². The van der Waals surface area contributed by atoms with E-state index in [1.807, 2.05) is 36.7 Å². The molecule has 4 nitrogen and oxygen atoms in total. The lowest BCUT2D eigenvalue weighted by atomic mass is 9.91. The second-order valence-corrected chi connectivity index (χ2v) is 8.44. The van der Waals surface area contributed by atoms with Crippen LogP contribution in [-0.4, -0.2) is 22.4 Å². The Labute approximate surface area is 209 Å². The minimum absolute atomic E-state index is 0.891. The molecule has 0 saturated carbocycles. The molecule has 0 aliphatic carbocycles. The summed E-state index contributed by atoms with van der Waals surface area (Å²) in [6, 6.07) is 33.1. The van der Waals surface area contributed by atoms with Crippen molar-refractivity contribution in [2.45, 2.75) is 0 Å². The van der Waals surface area contributed by atoms with E-state index in [0.717, 1.165) is 55.2 Å². The molecule has 2 aromatic heterocycles. The summed E-state index contributed by atoms with van der Waals surface area (Å²) in [5.41, 5.74) is 5.91. The average molecular weight is 463 g/mol. The molecule has 6 rings (SSSR count). The fraction of sp³-hybridized carbons (Fsp3) is 0. The number of benzene rings is 4. The van der Waals surface area contributed by atoms with Gasteiger partial charge in [-0.05, 0) is 69.1 Å². The minimum Gasteiger partial charge on any atom is -0.265 e. The first-order valence-corrected chi connectivity index (χ1v) is 11.8. The standard InChI is InChI=1S/C32H22N4/c1-3-7-27-25(5-1)9-11-29(35-21-23-13-17-33-18-14-23)31(27)32-28-8-4-2-6-26(28)10-12-30(32)36-22-24-15-19-34-20-16-24/h1-22H. The van der Waals surface area contributed by atoms with Crippen LogP contribution in [0, 0.1) is 0 Å². The number of hydrogen-bond acceptors (Lipinski definition) is 4. The van der Waals surface area contributed by atoms with Gasteiger partial charge in [-0.15, -0.1) is 0 Å². The maximum atomic E-state index is 4.96. The molecule has 6 aromatic rings. The Bertz CT molecular complexity index is 1590. The van der Waals surface area contributed by atoms with Crippen LogP contribution < -0.4 is 0 Å². The van der Waals surface area contributed by atoms with Gasteiger partial charge in [-0.1, -0.05) is 60.7 Å². The van der Waals surface area contributed by atoms with Gasteiger partial charge in [0.2, 0.25) is 0 Å². The van der Waals surface area contributed by atoms with Crippen molar-refractivity contribution in [3.8, 4) is 11.1 Å². The van der Waals surface area contributed by atoms with Crippen molar-refractivity contribution in [1.29, 1.82) is 0 Å². The fourth-order valence-corrected chi connectivity index (χ4v) is 4.45. The molecule has 36 heavy (non-hydrogen) atoms. The summed E-state index contributed by atoms with van der Waals surface area (Å²) >= 11 is 0. The zero-order chi connectivity index (χ0) is 24.2. The summed E-state index contributed by atoms with van der Waals surface area (Å²) in [6.07, 6.45) is 10.9. The number of fused-ring (bicyclic) bond motifs is 2. The molecule has 0 bridgehead atoms. The smallest absolute Gasteiger partial charge is 0.0715 e. The summed E-state index contributed by atoms with van der Waals surface area (Å²) in [6.45, 7) is 0. The van der Waals surface area contributed by atoms with E-state index in [1.165, 1.54) is 0 Å². The van der Waals surface area contributed by atoms with E-state index in [0.29, 0.717) is 0 Å². The number of rotatable bonds is 5. The molecular formula is C32H22N4. The Balaban J connectivity index is 1.63. The van der Waals surface area contributed by atoms with Crippen molar-refractivity contribution in [3.05, 3.63) is 133 Å². The third-order valence-corrected chi connectivity index (χ3v) is 6.18. The molecule has 0 aliphatic heterocycles. The van der Waals surface area contributed by atoms with Crippen LogP contribution in [0.15, 0.2) is 132 Å². The lowest BCUT2D eigenvalue weighted by molar-refractivity contribution is 1.32. The third kappa shape index (κ3) is 4.28. The van der Waals surface area contributed by atoms with Crippen LogP contribution in [0.5, 0.6) is 0 Å². The third-order valence-electron chi connectivity index (χ3n) is 6.18. The molecular weight excluding hydrogens is 440 g/mol. The van der Waals surface area contributed by atoms with Crippen LogP contribution in [0.1, 0.15) is 11.1 Å². The first kappa shape index (κ1) is 21.6. The van der Waals surface area contributed by atoms with Crippen LogP contribution in [0.3, 0.4) is 0 Å². The summed E-state index contributed by atoms with van der Waals surface area (Å²) in [5, 5.41) is 4.59. The lowest BCUT2D eigenvalue weighted by Gasteiger charge is -2.16. The van der Waals surface area contributed by atoms with Gasteiger partial charge in [-0.3, -0.25) is 20.0 Å². The summed E-state index contributed by atoms with van der Waals surface area (Å²) < 4.78 is 0. The second kappa shape index (κ2) is 9.72. The number of aliphatic imine (C=N–C) groups is 2. The molecule has 2 heterocycles. The maximum Gasteiger partial charge on any atom is 0.0715 e. The Morgan fingerprint density at radius 2 is 0.861 bits per heavy atom. The molecule has 0 amide bonds. The highest BCUT2D eigenvalue weighted by molar-refractivity contribution is 6.13. The minimum atomic E-state index is 0.891. The van der Waals surface area contributed by atoms with Crippen molar-refractivity contribution >= 4 is 45.3 Å². The Hall–Kier alpha value is -4.96. The van der Waals surface area contributed by atoms with Gasteiger partial charge in [-0.25, -0.2) is 0 Å². The summed E-state index contributed by atoms with van der Waals surface area (Å²) in [4.78, 5) is 18.1. The van der Waals surface area contributed by atoms with E-state index < -0.39 is 0 Å². The van der Waals surface area contributed by atoms with Crippen molar-refractivity contribution in [2.24, 2.45) is 9.98 Å². The number of aromatic nitrogens is 2. The molecule has 0 atom stereocenters. The van der Waals surface area contributed by atoms with E-state index >= 15 is 0 Å². The second-order valence-electron chi connectivity index (χ2n) is 8.44. The number of pyridine rings is 2. The molecule has 4 aromatic carbocycles. The fourth-order valence-electron chi connectivity index (χ4n) is 4.45. The van der Waals surface area contributed by atoms with E-state index in [2.05, 4.69) is 82.8 Å². The number of hydrogen-bond donors (Lipinski definition) is 0. The predicted octanol–water partition coefficient (Wildman–Crippen LogP) is 7.95. The van der Waals surface area contributed by atoms with Crippen LogP contribution in [0.25, 0.3) is 32.7 Å². The molecule has 170 valence electrons. The van der Waals surface area contributed by atoms with Crippen LogP contribution in [0.4, 0.5) is 11.4 Å². The monoisotopic (exact) mass is 462 g/mol. The first-order chi connectivity index (χ1) is 17.9. The lowest BCUT2D eigenvalue weighted by Crippen LogP contribution is -1.89. The van der Waals surface area contributed by atoms with E-state index in [9.17, 15) is 0 Å². The molecule has 0 radical (unpaired) electrons. The molecule has 0 aliphatic rings. The maximum absolute atomic E-state index is 4.96. The summed E-state index contributed by atoms with van der Waals surface area (Å²) in [5.74, 6) is 0. The SMILES string of the molecule is C(=Nc1ccc2ccccc2c1-c1c(N=Cc2ccncc2)ccc2ccccc12)c1ccncc1. The zero-order valence-corrected chi connectivity index (χ0v) is 19.5. The highest BCUT2D eigenvalue weighted by Gasteiger charge is 2.16. The highest BCUT2D eigenvalue weighted by Crippen LogP contribution is 2.45. The highest BCUT2D eigenvalue weighted by atomic mass is 14.7. The Morgan fingerprint density at radius 1 is 0.444 bits per heavy atom. The van der Waals surface area contributed by atoms with Crippen molar-refractivity contribution in [3.63, 3.8) is 0 Å². The van der Waals surface area contributed by atoms with Gasteiger partial charge in [0.15, 0.2) is 0 Å². The van der Waals surface area contributed by atoms with Gasteiger partial charge in [0, 0.05) is 48.3 Å². The molecule has 0 spiro atoms. The van der Waals surface area contributed by atoms with Crippen molar-refractivity contribution in [1.82, 2.24) is 9.97 Å². The van der Waals surface area contributed by atoms with Crippen molar-refractivity contribution < 1.29 is 0 Å². The van der Waals surface area contributed by atoms with Crippen molar-refractivity contribution in [2.75, 3.05) is 0 Å². The molecule has 0 unspecified atom stereocenters. The van der Waals surface area contributed by atoms with Crippen LogP contribution >= 0.6 is 0 Å². The molecule has 0 fully saturated rings. The molecule has 4 heteroatoms. The normalized spacial score (nSPS) is 11.7. The van der Waals surface area contributed by atoms with Gasteiger partial charge in [-0.2, -0.15) is 0 Å². The Morgan fingerprint density at radius 3 is 1.31 bits per heavy atom. The average Bonchev–Trinajstić information content (AvgIpc) is 2.95. The first-order valence-electron chi connectivity index (χ1n) is 11.8. The number of nitrogens with zero attached hydrogens (tertiary/aromatic N) is 4. The van der Waals surface area contributed by atoms with Gasteiger partial charge < -0.3 is 0 Å². The van der Waals surface area contributed by atoms with E-state index in [-0.39, 0.29) is 0 Å². The van der Waals surface area contributed by atoms with Gasteiger partial charge in [0.05, 0.1) is 11.4 Å². The van der Waals surface area contributed by atoms with Crippen LogP contribution in [-0.2, 0) is 0 Å². The quantitative estimate of drug-likeness (QED) is 0.244. The zero-order valence-electron chi connectivity index (χ0n) is 19.5. The van der Waals surface area contributed by atoms with Crippen LogP contribution in [0.2, 0.25) is 0 Å². The van der Waals surface area contributed by atoms with E-state index in [1.54, 1.807) is 24.8 Å². The van der Waals surface area contributed by atoms with E-state index in [4.69, 9.17) is 9.98 Å². The predicted molar refractivity (Wildman–Crippen MR) is 150 cm³/mol. The topological polar surface area (TPSA) is 50.5 Å². The van der Waals surface area contributed by atoms with Gasteiger partial charge >= 0.3 is 0 Å². The van der Waals surface area contributed by atoms with Gasteiger partial charge in [0.1, 0.15) is 0 Å². The largest absolute Gasteiger partial charge is 0.265 e.